The number of nitrogen functional groups attached to an aromatic ring is 1. The first-order valence-electron chi connectivity index (χ1n) is 6.10. The highest BCUT2D eigenvalue weighted by Gasteiger charge is 2.08. The van der Waals surface area contributed by atoms with Crippen LogP contribution in [-0.4, -0.2) is 18.1 Å². The number of ether oxygens (including phenoxy) is 1. The van der Waals surface area contributed by atoms with E-state index >= 15 is 0 Å². The van der Waals surface area contributed by atoms with Crippen LogP contribution in [0.2, 0.25) is 0 Å². The average Bonchev–Trinajstić information content (AvgIpc) is 2.43. The molecule has 0 fully saturated rings. The summed E-state index contributed by atoms with van der Waals surface area (Å²) in [4.78, 5) is 12.0. The highest BCUT2D eigenvalue weighted by Crippen LogP contribution is 2.20. The van der Waals surface area contributed by atoms with E-state index in [1.807, 2.05) is 0 Å². The maximum Gasteiger partial charge on any atom is 0.228 e. The van der Waals surface area contributed by atoms with Gasteiger partial charge in [-0.25, -0.2) is 0 Å². The Hall–Kier alpha value is -2.69. The fraction of sp³-hybridized carbons (Fsp3) is 0.133. The van der Waals surface area contributed by atoms with Crippen molar-refractivity contribution in [3.63, 3.8) is 0 Å². The summed E-state index contributed by atoms with van der Waals surface area (Å²) in [5.41, 5.74) is 7.48. The Balaban J connectivity index is 2.07. The molecule has 0 saturated carbocycles. The molecule has 0 aromatic heterocycles. The molecule has 4 N–H and O–H groups in total. The SMILES string of the molecule is COc1cccc(NC(=O)Cc2cc(O)ccc2N)c1. The number of nitrogens with one attached hydrogen (secondary N) is 1. The summed E-state index contributed by atoms with van der Waals surface area (Å²) in [6.45, 7) is 0. The van der Waals surface area contributed by atoms with E-state index in [1.54, 1.807) is 37.4 Å². The summed E-state index contributed by atoms with van der Waals surface area (Å²) in [6.07, 6.45) is 0.0947. The number of anilines is 2. The first-order valence-corrected chi connectivity index (χ1v) is 6.10. The highest BCUT2D eigenvalue weighted by atomic mass is 16.5. The molecule has 0 unspecified atom stereocenters. The van der Waals surface area contributed by atoms with Gasteiger partial charge >= 0.3 is 0 Å². The van der Waals surface area contributed by atoms with E-state index in [0.717, 1.165) is 0 Å². The fourth-order valence-corrected chi connectivity index (χ4v) is 1.82. The van der Waals surface area contributed by atoms with Gasteiger partial charge in [0.2, 0.25) is 5.91 Å². The molecule has 0 aliphatic carbocycles. The lowest BCUT2D eigenvalue weighted by atomic mass is 10.1. The summed E-state index contributed by atoms with van der Waals surface area (Å²) >= 11 is 0. The molecule has 104 valence electrons. The highest BCUT2D eigenvalue weighted by molar-refractivity contribution is 5.93. The molecule has 2 rings (SSSR count). The quantitative estimate of drug-likeness (QED) is 0.588. The van der Waals surface area contributed by atoms with Crippen LogP contribution < -0.4 is 15.8 Å². The Kier molecular flexibility index (Phi) is 4.10. The van der Waals surface area contributed by atoms with Crippen molar-refractivity contribution in [2.75, 3.05) is 18.2 Å². The average molecular weight is 272 g/mol. The summed E-state index contributed by atoms with van der Waals surface area (Å²) in [7, 11) is 1.56. The van der Waals surface area contributed by atoms with E-state index in [9.17, 15) is 9.90 Å². The van der Waals surface area contributed by atoms with Crippen molar-refractivity contribution in [3.05, 3.63) is 48.0 Å². The largest absolute Gasteiger partial charge is 0.508 e. The number of phenolic OH excluding ortho intramolecular Hbond substituents is 1. The number of aromatic hydroxyl groups is 1. The van der Waals surface area contributed by atoms with Crippen LogP contribution in [0.3, 0.4) is 0 Å². The Morgan fingerprint density at radius 1 is 1.30 bits per heavy atom. The standard InChI is InChI=1S/C15H16N2O3/c1-20-13-4-2-3-11(9-13)17-15(19)8-10-7-12(18)5-6-14(10)16/h2-7,9,18H,8,16H2,1H3,(H,17,19). The van der Waals surface area contributed by atoms with E-state index in [4.69, 9.17) is 10.5 Å². The van der Waals surface area contributed by atoms with E-state index in [2.05, 4.69) is 5.32 Å². The van der Waals surface area contributed by atoms with Crippen LogP contribution in [0.5, 0.6) is 11.5 Å². The maximum atomic E-state index is 12.0. The zero-order valence-corrected chi connectivity index (χ0v) is 11.1. The molecule has 0 heterocycles. The van der Waals surface area contributed by atoms with Gasteiger partial charge in [0, 0.05) is 17.4 Å². The summed E-state index contributed by atoms with van der Waals surface area (Å²) in [6, 6.07) is 11.6. The second-order valence-electron chi connectivity index (χ2n) is 4.34. The van der Waals surface area contributed by atoms with E-state index in [0.29, 0.717) is 22.7 Å². The molecule has 2 aromatic rings. The molecule has 0 aliphatic heterocycles. The molecule has 0 bridgehead atoms. The van der Waals surface area contributed by atoms with Crippen molar-refractivity contribution in [1.29, 1.82) is 0 Å². The molecule has 5 nitrogen and oxygen atoms in total. The molecule has 2 aromatic carbocycles. The molecular weight excluding hydrogens is 256 g/mol. The van der Waals surface area contributed by atoms with Gasteiger partial charge in [0.1, 0.15) is 11.5 Å². The lowest BCUT2D eigenvalue weighted by Crippen LogP contribution is -2.15. The predicted molar refractivity (Wildman–Crippen MR) is 77.8 cm³/mol. The molecule has 0 saturated heterocycles. The fourth-order valence-electron chi connectivity index (χ4n) is 1.82. The lowest BCUT2D eigenvalue weighted by Gasteiger charge is -2.09. The second-order valence-corrected chi connectivity index (χ2v) is 4.34. The number of benzene rings is 2. The second kappa shape index (κ2) is 5.97. The number of rotatable bonds is 4. The van der Waals surface area contributed by atoms with Gasteiger partial charge in [-0.2, -0.15) is 0 Å². The number of hydrogen-bond donors (Lipinski definition) is 3. The number of nitrogens with two attached hydrogens (primary N) is 1. The van der Waals surface area contributed by atoms with Gasteiger partial charge in [0.05, 0.1) is 13.5 Å². The van der Waals surface area contributed by atoms with Gasteiger partial charge in [-0.3, -0.25) is 4.79 Å². The molecule has 0 radical (unpaired) electrons. The van der Waals surface area contributed by atoms with E-state index < -0.39 is 0 Å². The Morgan fingerprint density at radius 3 is 2.85 bits per heavy atom. The third-order valence-electron chi connectivity index (χ3n) is 2.83. The Bertz CT molecular complexity index is 626. The molecule has 5 heteroatoms. The van der Waals surface area contributed by atoms with Gasteiger partial charge in [-0.05, 0) is 35.9 Å². The molecule has 0 spiro atoms. The van der Waals surface area contributed by atoms with Crippen LogP contribution in [0.4, 0.5) is 11.4 Å². The van der Waals surface area contributed by atoms with Crippen molar-refractivity contribution < 1.29 is 14.6 Å². The molecule has 0 aliphatic rings. The summed E-state index contributed by atoms with van der Waals surface area (Å²) in [5.74, 6) is 0.540. The Morgan fingerprint density at radius 2 is 2.10 bits per heavy atom. The van der Waals surface area contributed by atoms with Crippen molar-refractivity contribution in [2.45, 2.75) is 6.42 Å². The minimum atomic E-state index is -0.212. The zero-order valence-electron chi connectivity index (χ0n) is 11.1. The molecular formula is C15H16N2O3. The molecule has 0 atom stereocenters. The van der Waals surface area contributed by atoms with Crippen LogP contribution >= 0.6 is 0 Å². The molecule has 1 amide bonds. The normalized spacial score (nSPS) is 10.1. The lowest BCUT2D eigenvalue weighted by molar-refractivity contribution is -0.115. The van der Waals surface area contributed by atoms with Gasteiger partial charge in [0.15, 0.2) is 0 Å². The van der Waals surface area contributed by atoms with Crippen LogP contribution in [0, 0.1) is 0 Å². The van der Waals surface area contributed by atoms with Gasteiger partial charge in [-0.15, -0.1) is 0 Å². The smallest absolute Gasteiger partial charge is 0.228 e. The van der Waals surface area contributed by atoms with E-state index in [1.165, 1.54) is 12.1 Å². The van der Waals surface area contributed by atoms with Crippen molar-refractivity contribution in [3.8, 4) is 11.5 Å². The van der Waals surface area contributed by atoms with Crippen LogP contribution in [0.25, 0.3) is 0 Å². The Labute approximate surface area is 117 Å². The van der Waals surface area contributed by atoms with Gasteiger partial charge in [0.25, 0.3) is 0 Å². The summed E-state index contributed by atoms with van der Waals surface area (Å²) < 4.78 is 5.09. The first kappa shape index (κ1) is 13.7. The molecule has 20 heavy (non-hydrogen) atoms. The number of carbonyl (C=O) groups is 1. The maximum absolute atomic E-state index is 12.0. The van der Waals surface area contributed by atoms with Gasteiger partial charge in [-0.1, -0.05) is 6.07 Å². The van der Waals surface area contributed by atoms with Gasteiger partial charge < -0.3 is 20.9 Å². The predicted octanol–water partition coefficient (Wildman–Crippen LogP) is 2.16. The number of methoxy groups -OCH3 is 1. The first-order chi connectivity index (χ1) is 9.58. The van der Waals surface area contributed by atoms with E-state index in [-0.39, 0.29) is 18.1 Å². The number of carbonyl (C=O) groups excluding carboxylic acids is 1. The van der Waals surface area contributed by atoms with Crippen molar-refractivity contribution in [2.24, 2.45) is 0 Å². The minimum Gasteiger partial charge on any atom is -0.508 e. The third-order valence-corrected chi connectivity index (χ3v) is 2.83. The van der Waals surface area contributed by atoms with Crippen LogP contribution in [0.15, 0.2) is 42.5 Å². The minimum absolute atomic E-state index is 0.0865. The number of phenols is 1. The van der Waals surface area contributed by atoms with Crippen LogP contribution in [-0.2, 0) is 11.2 Å². The van der Waals surface area contributed by atoms with Crippen molar-refractivity contribution in [1.82, 2.24) is 0 Å². The van der Waals surface area contributed by atoms with Crippen LogP contribution in [0.1, 0.15) is 5.56 Å². The third kappa shape index (κ3) is 3.41. The zero-order chi connectivity index (χ0) is 14.5. The summed E-state index contributed by atoms with van der Waals surface area (Å²) in [5, 5.41) is 12.2. The van der Waals surface area contributed by atoms with Crippen molar-refractivity contribution >= 4 is 17.3 Å². The monoisotopic (exact) mass is 272 g/mol. The number of amides is 1. The topological polar surface area (TPSA) is 84.6 Å². The number of hydrogen-bond acceptors (Lipinski definition) is 4.